The number of hydrogen-bond acceptors (Lipinski definition) is 4. The van der Waals surface area contributed by atoms with Gasteiger partial charge in [0.2, 0.25) is 5.89 Å². The lowest BCUT2D eigenvalue weighted by Crippen LogP contribution is -2.06. The monoisotopic (exact) mass is 195 g/mol. The van der Waals surface area contributed by atoms with Crippen LogP contribution in [-0.4, -0.2) is 16.7 Å². The van der Waals surface area contributed by atoms with E-state index in [-0.39, 0.29) is 11.3 Å². The largest absolute Gasteiger partial charge is 0.339 e. The maximum Gasteiger partial charge on any atom is 0.229 e. The molecule has 1 aromatic rings. The number of hydrogen-bond donors (Lipinski definition) is 1. The number of aromatic nitrogens is 2. The van der Waals surface area contributed by atoms with Crippen LogP contribution >= 0.6 is 0 Å². The molecule has 2 rings (SSSR count). The Labute approximate surface area is 83.9 Å². The van der Waals surface area contributed by atoms with E-state index in [1.165, 1.54) is 12.8 Å². The van der Waals surface area contributed by atoms with Gasteiger partial charge < -0.3 is 10.3 Å². The predicted molar refractivity (Wildman–Crippen MR) is 53.0 cm³/mol. The van der Waals surface area contributed by atoms with Gasteiger partial charge in [0.25, 0.3) is 0 Å². The number of nitrogens with two attached hydrogens (primary N) is 1. The van der Waals surface area contributed by atoms with E-state index in [1.807, 2.05) is 0 Å². The first-order valence-corrected chi connectivity index (χ1v) is 5.20. The molecule has 14 heavy (non-hydrogen) atoms. The van der Waals surface area contributed by atoms with Crippen molar-refractivity contribution in [2.45, 2.75) is 44.4 Å². The summed E-state index contributed by atoms with van der Waals surface area (Å²) >= 11 is 0. The first kappa shape index (κ1) is 9.65. The van der Waals surface area contributed by atoms with Gasteiger partial charge in [0.05, 0.1) is 0 Å². The summed E-state index contributed by atoms with van der Waals surface area (Å²) in [6, 6.07) is 0. The third-order valence-corrected chi connectivity index (χ3v) is 3.00. The van der Waals surface area contributed by atoms with Crippen LogP contribution in [0.1, 0.15) is 50.7 Å². The Morgan fingerprint density at radius 2 is 2.29 bits per heavy atom. The molecule has 0 aliphatic heterocycles. The lowest BCUT2D eigenvalue weighted by Gasteiger charge is -2.02. The molecule has 1 fully saturated rings. The zero-order valence-corrected chi connectivity index (χ0v) is 8.79. The summed E-state index contributed by atoms with van der Waals surface area (Å²) < 4.78 is 5.23. The second-order valence-electron chi connectivity index (χ2n) is 4.50. The van der Waals surface area contributed by atoms with Gasteiger partial charge in [0.15, 0.2) is 5.82 Å². The summed E-state index contributed by atoms with van der Waals surface area (Å²) in [5.74, 6) is 1.89. The fourth-order valence-corrected chi connectivity index (χ4v) is 1.47. The Bertz CT molecular complexity index is 317. The van der Waals surface area contributed by atoms with Gasteiger partial charge >= 0.3 is 0 Å². The van der Waals surface area contributed by atoms with Crippen LogP contribution in [0.2, 0.25) is 0 Å². The average molecular weight is 195 g/mol. The van der Waals surface area contributed by atoms with Crippen molar-refractivity contribution in [2.24, 2.45) is 5.73 Å². The number of rotatable bonds is 4. The maximum atomic E-state index is 5.48. The van der Waals surface area contributed by atoms with Crippen LogP contribution in [0.15, 0.2) is 4.52 Å². The van der Waals surface area contributed by atoms with Gasteiger partial charge in [0, 0.05) is 11.3 Å². The maximum absolute atomic E-state index is 5.48. The van der Waals surface area contributed by atoms with E-state index in [9.17, 15) is 0 Å². The Hall–Kier alpha value is -0.900. The highest BCUT2D eigenvalue weighted by atomic mass is 16.5. The molecule has 2 N–H and O–H groups in total. The highest BCUT2D eigenvalue weighted by Gasteiger charge is 2.43. The smallest absolute Gasteiger partial charge is 0.229 e. The summed E-state index contributed by atoms with van der Waals surface area (Å²) in [6.45, 7) is 4.91. The first-order chi connectivity index (χ1) is 6.65. The average Bonchev–Trinajstić information content (AvgIpc) is 2.72. The summed E-state index contributed by atoms with van der Waals surface area (Å²) in [5.41, 5.74) is 5.68. The van der Waals surface area contributed by atoms with E-state index in [1.54, 1.807) is 0 Å². The van der Waals surface area contributed by atoms with E-state index < -0.39 is 0 Å². The van der Waals surface area contributed by atoms with E-state index >= 15 is 0 Å². The second kappa shape index (κ2) is 3.35. The highest BCUT2D eigenvalue weighted by Crippen LogP contribution is 2.46. The van der Waals surface area contributed by atoms with Crippen molar-refractivity contribution in [1.29, 1.82) is 0 Å². The van der Waals surface area contributed by atoms with Crippen LogP contribution in [-0.2, 0) is 5.41 Å². The molecule has 1 aliphatic rings. The van der Waals surface area contributed by atoms with Crippen molar-refractivity contribution in [1.82, 2.24) is 10.1 Å². The molecule has 1 atom stereocenters. The van der Waals surface area contributed by atoms with Crippen LogP contribution in [0.4, 0.5) is 0 Å². The Kier molecular flexibility index (Phi) is 2.31. The molecule has 0 saturated heterocycles. The Morgan fingerprint density at radius 3 is 2.86 bits per heavy atom. The van der Waals surface area contributed by atoms with Crippen molar-refractivity contribution < 1.29 is 4.52 Å². The normalized spacial score (nSPS) is 20.8. The van der Waals surface area contributed by atoms with Crippen LogP contribution in [0.3, 0.4) is 0 Å². The standard InChI is InChI=1S/C10H17N3O/c1-7(3-6-11)8-12-9(13-14-8)10(2)4-5-10/h7H,3-6,11H2,1-2H3. The zero-order chi connectivity index (χ0) is 10.2. The molecule has 4 heteroatoms. The topological polar surface area (TPSA) is 64.9 Å². The van der Waals surface area contributed by atoms with E-state index in [2.05, 4.69) is 24.0 Å². The predicted octanol–water partition coefficient (Wildman–Crippen LogP) is 1.57. The van der Waals surface area contributed by atoms with Crippen LogP contribution in [0.25, 0.3) is 0 Å². The number of nitrogens with zero attached hydrogens (tertiary/aromatic N) is 2. The second-order valence-corrected chi connectivity index (χ2v) is 4.50. The molecule has 1 aromatic heterocycles. The molecule has 0 amide bonds. The molecule has 0 aromatic carbocycles. The van der Waals surface area contributed by atoms with Gasteiger partial charge in [0.1, 0.15) is 0 Å². The lowest BCUT2D eigenvalue weighted by molar-refractivity contribution is 0.348. The zero-order valence-electron chi connectivity index (χ0n) is 8.79. The van der Waals surface area contributed by atoms with E-state index in [0.29, 0.717) is 6.54 Å². The van der Waals surface area contributed by atoms with Crippen LogP contribution in [0, 0.1) is 0 Å². The molecule has 0 radical (unpaired) electrons. The SMILES string of the molecule is CC(CCN)c1nc(C2(C)CC2)no1. The van der Waals surface area contributed by atoms with Gasteiger partial charge in [-0.3, -0.25) is 0 Å². The Morgan fingerprint density at radius 1 is 1.57 bits per heavy atom. The summed E-state index contributed by atoms with van der Waals surface area (Å²) in [7, 11) is 0. The minimum atomic E-state index is 0.199. The summed E-state index contributed by atoms with van der Waals surface area (Å²) in [6.07, 6.45) is 3.26. The van der Waals surface area contributed by atoms with E-state index in [0.717, 1.165) is 18.1 Å². The van der Waals surface area contributed by atoms with Crippen molar-refractivity contribution in [3.8, 4) is 0 Å². The quantitative estimate of drug-likeness (QED) is 0.792. The van der Waals surface area contributed by atoms with Gasteiger partial charge in [-0.05, 0) is 25.8 Å². The molecule has 78 valence electrons. The summed E-state index contributed by atoms with van der Waals surface area (Å²) in [4.78, 5) is 4.43. The minimum absolute atomic E-state index is 0.199. The Balaban J connectivity index is 2.09. The van der Waals surface area contributed by atoms with Crippen LogP contribution < -0.4 is 5.73 Å². The van der Waals surface area contributed by atoms with Gasteiger partial charge in [-0.25, -0.2) is 0 Å². The molecule has 0 bridgehead atoms. The van der Waals surface area contributed by atoms with Gasteiger partial charge in [-0.2, -0.15) is 4.98 Å². The molecule has 0 spiro atoms. The molecule has 1 heterocycles. The van der Waals surface area contributed by atoms with Crippen molar-refractivity contribution in [2.75, 3.05) is 6.54 Å². The minimum Gasteiger partial charge on any atom is -0.339 e. The molecule has 1 aliphatic carbocycles. The third-order valence-electron chi connectivity index (χ3n) is 3.00. The van der Waals surface area contributed by atoms with Crippen molar-refractivity contribution >= 4 is 0 Å². The third kappa shape index (κ3) is 1.66. The lowest BCUT2D eigenvalue weighted by atomic mass is 10.1. The highest BCUT2D eigenvalue weighted by molar-refractivity contribution is 5.14. The van der Waals surface area contributed by atoms with Gasteiger partial charge in [-0.1, -0.05) is 19.0 Å². The van der Waals surface area contributed by atoms with Crippen LogP contribution in [0.5, 0.6) is 0 Å². The van der Waals surface area contributed by atoms with Gasteiger partial charge in [-0.15, -0.1) is 0 Å². The molecule has 1 unspecified atom stereocenters. The first-order valence-electron chi connectivity index (χ1n) is 5.20. The molecular weight excluding hydrogens is 178 g/mol. The fourth-order valence-electron chi connectivity index (χ4n) is 1.47. The molecule has 4 nitrogen and oxygen atoms in total. The summed E-state index contributed by atoms with van der Waals surface area (Å²) in [5, 5.41) is 4.03. The van der Waals surface area contributed by atoms with Crippen molar-refractivity contribution in [3.63, 3.8) is 0 Å². The molecular formula is C10H17N3O. The fraction of sp³-hybridized carbons (Fsp3) is 0.800. The molecule has 1 saturated carbocycles. The van der Waals surface area contributed by atoms with Crippen molar-refractivity contribution in [3.05, 3.63) is 11.7 Å². The van der Waals surface area contributed by atoms with E-state index in [4.69, 9.17) is 10.3 Å².